The molecule has 0 aromatic heterocycles. The molecular formula is C30H62N6O11S2. The number of nitrogens with two attached hydrogens (primary N) is 1. The highest BCUT2D eigenvalue weighted by Crippen LogP contribution is 2.55. The number of amides is 1. The van der Waals surface area contributed by atoms with Crippen LogP contribution in [-0.2, 0) is 48.6 Å². The first-order valence-electron chi connectivity index (χ1n) is 16.4. The van der Waals surface area contributed by atoms with Crippen LogP contribution in [0.4, 0.5) is 0 Å². The summed E-state index contributed by atoms with van der Waals surface area (Å²) in [7, 11) is -5.73. The number of hydrogen-bond donors (Lipinski definition) is 5. The van der Waals surface area contributed by atoms with Crippen molar-refractivity contribution >= 4 is 31.9 Å². The number of sulfonamides is 2. The van der Waals surface area contributed by atoms with E-state index in [0.29, 0.717) is 15.0 Å². The van der Waals surface area contributed by atoms with E-state index >= 15 is 8.42 Å². The standard InChI is InChI=1S/C30H62N6O11S2/c1-16-17-34-27(11)29(32-12,35(18-19(2)3)48(40,41)24(38)23(31)37)36(30(33-13,45-15)26(10,47-27)25(39)44-14)49(42,43)28(20(4)5,21(6)7)46-22(8)9/h19-22,24,32-34,38H,16-18H2,1-15H3,(H2,31,37). The molecule has 1 rings (SSSR count). The second-order valence-corrected chi connectivity index (χ2v) is 17.7. The number of carbonyl (C=O) groups excluding carboxylic acids is 2. The second-order valence-electron chi connectivity index (χ2n) is 13.8. The molecule has 1 aliphatic rings. The fourth-order valence-corrected chi connectivity index (χ4v) is 12.0. The van der Waals surface area contributed by atoms with Gasteiger partial charge >= 0.3 is 5.97 Å². The van der Waals surface area contributed by atoms with Crippen LogP contribution in [0.3, 0.4) is 0 Å². The highest BCUT2D eigenvalue weighted by molar-refractivity contribution is 7.91. The lowest BCUT2D eigenvalue weighted by atomic mass is 9.89. The topological polar surface area (TPSA) is 228 Å². The molecule has 0 aliphatic carbocycles. The first kappa shape index (κ1) is 45.5. The molecule has 1 saturated heterocycles. The zero-order chi connectivity index (χ0) is 38.8. The number of nitrogens with one attached hydrogen (secondary N) is 3. The summed E-state index contributed by atoms with van der Waals surface area (Å²) in [5.74, 6) is -10.2. The normalized spacial score (nSPS) is 28.2. The summed E-state index contributed by atoms with van der Waals surface area (Å²) < 4.78 is 87.2. The summed E-state index contributed by atoms with van der Waals surface area (Å²) in [5, 5.41) is 19.8. The highest BCUT2D eigenvalue weighted by atomic mass is 32.2. The predicted molar refractivity (Wildman–Crippen MR) is 184 cm³/mol. The van der Waals surface area contributed by atoms with Gasteiger partial charge in [-0.1, -0.05) is 48.5 Å². The molecule has 5 atom stereocenters. The number of aliphatic hydroxyl groups excluding tert-OH is 1. The van der Waals surface area contributed by atoms with Gasteiger partial charge in [0, 0.05) is 13.7 Å². The smallest absolute Gasteiger partial charge is 0.344 e. The van der Waals surface area contributed by atoms with Gasteiger partial charge in [0.05, 0.1) is 13.2 Å². The molecule has 0 bridgehead atoms. The fourth-order valence-electron chi connectivity index (χ4n) is 7.05. The molecule has 0 aromatic carbocycles. The lowest BCUT2D eigenvalue weighted by molar-refractivity contribution is -0.387. The minimum absolute atomic E-state index is 0.0978. The van der Waals surface area contributed by atoms with Crippen LogP contribution in [0.1, 0.15) is 82.6 Å². The number of aliphatic hydroxyl groups is 1. The third kappa shape index (κ3) is 7.02. The van der Waals surface area contributed by atoms with E-state index in [1.54, 1.807) is 62.3 Å². The van der Waals surface area contributed by atoms with Crippen LogP contribution in [-0.4, -0.2) is 123 Å². The number of carbonyl (C=O) groups is 2. The van der Waals surface area contributed by atoms with Crippen LogP contribution < -0.4 is 21.7 Å². The molecule has 17 nitrogen and oxygen atoms in total. The predicted octanol–water partition coefficient (Wildman–Crippen LogP) is 0.214. The van der Waals surface area contributed by atoms with Crippen LogP contribution in [0.15, 0.2) is 0 Å². The third-order valence-corrected chi connectivity index (χ3v) is 13.6. The summed E-state index contributed by atoms with van der Waals surface area (Å²) in [4.78, 5) is 24.3. The van der Waals surface area contributed by atoms with Gasteiger partial charge in [-0.15, -0.1) is 4.31 Å². The summed E-state index contributed by atoms with van der Waals surface area (Å²) in [6.45, 7) is 17.2. The average Bonchev–Trinajstić information content (AvgIpc) is 2.99. The molecule has 0 saturated carbocycles. The van der Waals surface area contributed by atoms with E-state index in [2.05, 4.69) is 16.0 Å². The lowest BCUT2D eigenvalue weighted by Crippen LogP contribution is -2.97. The molecule has 49 heavy (non-hydrogen) atoms. The number of ether oxygens (including phenoxy) is 4. The van der Waals surface area contributed by atoms with Crippen LogP contribution in [0.2, 0.25) is 0 Å². The van der Waals surface area contributed by atoms with Crippen LogP contribution >= 0.6 is 0 Å². The Labute approximate surface area is 293 Å². The molecule has 0 aromatic rings. The molecule has 6 N–H and O–H groups in total. The monoisotopic (exact) mass is 746 g/mol. The van der Waals surface area contributed by atoms with E-state index < -0.39 is 95.7 Å². The molecule has 0 spiro atoms. The van der Waals surface area contributed by atoms with Gasteiger partial charge in [-0.3, -0.25) is 20.7 Å². The Hall–Kier alpha value is -1.52. The first-order chi connectivity index (χ1) is 22.3. The van der Waals surface area contributed by atoms with Gasteiger partial charge in [0.2, 0.25) is 22.7 Å². The van der Waals surface area contributed by atoms with Crippen LogP contribution in [0, 0.1) is 17.8 Å². The van der Waals surface area contributed by atoms with Gasteiger partial charge in [0.1, 0.15) is 0 Å². The zero-order valence-electron chi connectivity index (χ0n) is 31.8. The molecule has 1 heterocycles. The Morgan fingerprint density at radius 3 is 1.82 bits per heavy atom. The summed E-state index contributed by atoms with van der Waals surface area (Å²) in [6, 6.07) is 0. The Morgan fingerprint density at radius 2 is 1.49 bits per heavy atom. The van der Waals surface area contributed by atoms with Gasteiger partial charge in [-0.05, 0) is 72.5 Å². The highest BCUT2D eigenvalue weighted by Gasteiger charge is 2.82. The van der Waals surface area contributed by atoms with E-state index in [9.17, 15) is 23.1 Å². The Morgan fingerprint density at radius 1 is 0.980 bits per heavy atom. The number of likely N-dealkylation sites (N-methyl/N-ethyl adjacent to an activating group) is 2. The maximum atomic E-state index is 16.1. The van der Waals surface area contributed by atoms with Crippen LogP contribution in [0.5, 0.6) is 0 Å². The maximum absolute atomic E-state index is 16.1. The summed E-state index contributed by atoms with van der Waals surface area (Å²) in [5.41, 5.74) is -2.11. The number of primary amides is 1. The SMILES string of the molecule is CCCNC1(C)OC(C)(C(=O)OC)C(NC)(OC)N(S(=O)(=O)C(OC(C)C)(C(C)C)C(C)C)C1(NC)N(CC(C)C)S(=O)(=O)C(O)C(N)=O. The van der Waals surface area contributed by atoms with Gasteiger partial charge in [-0.2, -0.15) is 4.31 Å². The minimum atomic E-state index is -5.31. The van der Waals surface area contributed by atoms with E-state index in [4.69, 9.17) is 24.7 Å². The van der Waals surface area contributed by atoms with Crippen molar-refractivity contribution in [3.8, 4) is 0 Å². The molecule has 1 aliphatic heterocycles. The van der Waals surface area contributed by atoms with Crippen molar-refractivity contribution in [2.24, 2.45) is 23.5 Å². The van der Waals surface area contributed by atoms with Crippen molar-refractivity contribution < 1.29 is 50.5 Å². The number of methoxy groups -OCH3 is 2. The molecule has 1 fully saturated rings. The largest absolute Gasteiger partial charge is 0.467 e. The van der Waals surface area contributed by atoms with Crippen molar-refractivity contribution in [2.45, 2.75) is 122 Å². The van der Waals surface area contributed by atoms with Crippen molar-refractivity contribution in [3.05, 3.63) is 0 Å². The average molecular weight is 747 g/mol. The van der Waals surface area contributed by atoms with Gasteiger partial charge in [0.25, 0.3) is 26.0 Å². The van der Waals surface area contributed by atoms with E-state index in [0.717, 1.165) is 14.2 Å². The Bertz CT molecular complexity index is 1370. The number of hydrogen-bond acceptors (Lipinski definition) is 14. The van der Waals surface area contributed by atoms with Crippen LogP contribution in [0.25, 0.3) is 0 Å². The van der Waals surface area contributed by atoms with E-state index in [-0.39, 0.29) is 6.54 Å². The summed E-state index contributed by atoms with van der Waals surface area (Å²) in [6.07, 6.45) is -0.249. The molecule has 290 valence electrons. The third-order valence-electron chi connectivity index (χ3n) is 8.97. The number of morpholine rings is 1. The lowest BCUT2D eigenvalue weighted by Gasteiger charge is -2.69. The Kier molecular flexibility index (Phi) is 14.9. The zero-order valence-corrected chi connectivity index (χ0v) is 33.5. The number of esters is 1. The molecular weight excluding hydrogens is 684 g/mol. The summed E-state index contributed by atoms with van der Waals surface area (Å²) >= 11 is 0. The van der Waals surface area contributed by atoms with E-state index in [1.807, 2.05) is 0 Å². The van der Waals surface area contributed by atoms with Crippen molar-refractivity contribution in [3.63, 3.8) is 0 Å². The first-order valence-corrected chi connectivity index (χ1v) is 19.4. The minimum Gasteiger partial charge on any atom is -0.467 e. The number of rotatable bonds is 19. The van der Waals surface area contributed by atoms with Crippen molar-refractivity contribution in [1.82, 2.24) is 24.6 Å². The van der Waals surface area contributed by atoms with E-state index in [1.165, 1.54) is 27.9 Å². The molecule has 19 heteroatoms. The second kappa shape index (κ2) is 16.0. The van der Waals surface area contributed by atoms with Crippen molar-refractivity contribution in [1.29, 1.82) is 0 Å². The molecule has 1 amide bonds. The number of nitrogens with zero attached hydrogens (tertiary/aromatic N) is 2. The van der Waals surface area contributed by atoms with Gasteiger partial charge < -0.3 is 29.8 Å². The van der Waals surface area contributed by atoms with Gasteiger partial charge in [-0.25, -0.2) is 21.6 Å². The van der Waals surface area contributed by atoms with Gasteiger partial charge in [0.15, 0.2) is 10.7 Å². The Balaban J connectivity index is 5.12. The van der Waals surface area contributed by atoms with Crippen molar-refractivity contribution in [2.75, 3.05) is 41.4 Å². The molecule has 0 radical (unpaired) electrons. The maximum Gasteiger partial charge on any atom is 0.344 e. The fraction of sp³-hybridized carbons (Fsp3) is 0.933. The quantitative estimate of drug-likeness (QED) is 0.0880. The molecule has 5 unspecified atom stereocenters.